The van der Waals surface area contributed by atoms with Gasteiger partial charge in [-0.3, -0.25) is 19.2 Å². The number of hydrogen-bond donors (Lipinski definition) is 1. The normalized spacial score (nSPS) is 20.0. The molecule has 1 N–H and O–H groups in total. The molecule has 1 aromatic heterocycles. The molecule has 1 atom stereocenters. The fraction of sp³-hybridized carbons (Fsp3) is 0.485. The molecule has 3 aromatic rings. The van der Waals surface area contributed by atoms with E-state index in [4.69, 9.17) is 11.6 Å². The van der Waals surface area contributed by atoms with Crippen LogP contribution in [0.3, 0.4) is 0 Å². The number of rotatable bonds is 6. The maximum Gasteiger partial charge on any atom is 0.253 e. The predicted molar refractivity (Wildman–Crippen MR) is 161 cm³/mol. The number of benzene rings is 2. The van der Waals surface area contributed by atoms with Gasteiger partial charge in [0.25, 0.3) is 11.8 Å². The summed E-state index contributed by atoms with van der Waals surface area (Å²) < 4.78 is 2.02. The second kappa shape index (κ2) is 11.3. The summed E-state index contributed by atoms with van der Waals surface area (Å²) in [6, 6.07) is 11.4. The molecule has 6 rings (SSSR count). The third-order valence-corrected chi connectivity index (χ3v) is 9.95. The Hall–Kier alpha value is -3.16. The molecule has 0 saturated carbocycles. The average molecular weight is 574 g/mol. The maximum atomic E-state index is 13.7. The van der Waals surface area contributed by atoms with Crippen LogP contribution in [0.4, 0.5) is 0 Å². The van der Waals surface area contributed by atoms with Crippen LogP contribution in [0, 0.1) is 19.3 Å². The first-order chi connectivity index (χ1) is 19.7. The first-order valence-electron chi connectivity index (χ1n) is 15.0. The highest BCUT2D eigenvalue weighted by atomic mass is 35.5. The van der Waals surface area contributed by atoms with E-state index in [1.165, 1.54) is 11.1 Å². The minimum absolute atomic E-state index is 0.105. The largest absolute Gasteiger partial charge is 0.345 e. The van der Waals surface area contributed by atoms with Crippen LogP contribution in [0.1, 0.15) is 87.3 Å². The Balaban J connectivity index is 1.08. The number of carbonyl (C=O) groups is 2. The van der Waals surface area contributed by atoms with Crippen LogP contribution in [-0.2, 0) is 19.5 Å². The molecule has 3 aliphatic rings. The van der Waals surface area contributed by atoms with Crippen molar-refractivity contribution in [2.45, 2.75) is 72.0 Å². The highest BCUT2D eigenvalue weighted by Crippen LogP contribution is 2.41. The van der Waals surface area contributed by atoms with E-state index in [9.17, 15) is 9.59 Å². The molecule has 1 aliphatic carbocycles. The summed E-state index contributed by atoms with van der Waals surface area (Å²) in [4.78, 5) is 31.4. The standard InChI is InChI=1S/C33H40ClN5O2/c1-4-39-20-26(23(3)36-39)19-37-15-12-33(13-16-37)14-17-38(21-33)32(41)25-9-8-24-10-11-29(27(24)18-25)35-31(40)30-22(2)6-5-7-28(30)34/h5-9,18,20,29H,4,10-17,19,21H2,1-3H3,(H,35,40). The van der Waals surface area contributed by atoms with E-state index < -0.39 is 0 Å². The number of carbonyl (C=O) groups excluding carboxylic acids is 2. The summed E-state index contributed by atoms with van der Waals surface area (Å²) in [6.45, 7) is 11.7. The van der Waals surface area contributed by atoms with Crippen molar-refractivity contribution >= 4 is 23.4 Å². The summed E-state index contributed by atoms with van der Waals surface area (Å²) in [5.74, 6) is -0.0569. The number of aromatic nitrogens is 2. The summed E-state index contributed by atoms with van der Waals surface area (Å²) in [5.41, 5.74) is 7.01. The van der Waals surface area contributed by atoms with Crippen molar-refractivity contribution in [3.05, 3.63) is 86.7 Å². The van der Waals surface area contributed by atoms with E-state index in [1.807, 2.05) is 35.9 Å². The van der Waals surface area contributed by atoms with Gasteiger partial charge in [0.05, 0.1) is 22.3 Å². The molecule has 0 radical (unpaired) electrons. The topological polar surface area (TPSA) is 70.5 Å². The Morgan fingerprint density at radius 3 is 2.61 bits per heavy atom. The Morgan fingerprint density at radius 1 is 1.10 bits per heavy atom. The van der Waals surface area contributed by atoms with E-state index in [0.717, 1.165) is 93.8 Å². The Morgan fingerprint density at radius 2 is 1.88 bits per heavy atom. The average Bonchev–Trinajstić information content (AvgIpc) is 3.67. The van der Waals surface area contributed by atoms with E-state index in [1.54, 1.807) is 6.07 Å². The van der Waals surface area contributed by atoms with Crippen molar-refractivity contribution in [2.24, 2.45) is 5.41 Å². The van der Waals surface area contributed by atoms with Gasteiger partial charge >= 0.3 is 0 Å². The van der Waals surface area contributed by atoms with Crippen LogP contribution in [0.5, 0.6) is 0 Å². The van der Waals surface area contributed by atoms with Gasteiger partial charge in [0, 0.05) is 43.5 Å². The fourth-order valence-electron chi connectivity index (χ4n) is 7.04. The summed E-state index contributed by atoms with van der Waals surface area (Å²) in [6.07, 6.45) is 7.21. The molecule has 0 bridgehead atoms. The van der Waals surface area contributed by atoms with E-state index in [0.29, 0.717) is 10.6 Å². The van der Waals surface area contributed by atoms with Gasteiger partial charge in [0.1, 0.15) is 0 Å². The second-order valence-electron chi connectivity index (χ2n) is 12.3. The Kier molecular flexibility index (Phi) is 7.68. The molecule has 41 heavy (non-hydrogen) atoms. The Labute approximate surface area is 247 Å². The molecule has 8 heteroatoms. The number of likely N-dealkylation sites (tertiary alicyclic amines) is 2. The predicted octanol–water partition coefficient (Wildman–Crippen LogP) is 5.72. The van der Waals surface area contributed by atoms with Crippen molar-refractivity contribution < 1.29 is 9.59 Å². The van der Waals surface area contributed by atoms with Gasteiger partial charge in [-0.25, -0.2) is 0 Å². The molecule has 2 aromatic carbocycles. The van der Waals surface area contributed by atoms with Gasteiger partial charge in [-0.1, -0.05) is 29.8 Å². The van der Waals surface area contributed by atoms with Crippen LogP contribution < -0.4 is 5.32 Å². The van der Waals surface area contributed by atoms with Gasteiger partial charge in [-0.15, -0.1) is 0 Å². The van der Waals surface area contributed by atoms with Crippen molar-refractivity contribution in [1.29, 1.82) is 0 Å². The van der Waals surface area contributed by atoms with Crippen LogP contribution in [0.25, 0.3) is 0 Å². The lowest BCUT2D eigenvalue weighted by Gasteiger charge is -2.39. The first kappa shape index (κ1) is 28.0. The van der Waals surface area contributed by atoms with Crippen LogP contribution in [0.2, 0.25) is 5.02 Å². The molecular formula is C33H40ClN5O2. The first-order valence-corrected chi connectivity index (χ1v) is 15.4. The molecular weight excluding hydrogens is 534 g/mol. The van der Waals surface area contributed by atoms with Crippen LogP contribution >= 0.6 is 11.6 Å². The minimum Gasteiger partial charge on any atom is -0.345 e. The summed E-state index contributed by atoms with van der Waals surface area (Å²) >= 11 is 6.35. The number of halogens is 1. The monoisotopic (exact) mass is 573 g/mol. The van der Waals surface area contributed by atoms with Crippen molar-refractivity contribution in [3.8, 4) is 0 Å². The summed E-state index contributed by atoms with van der Waals surface area (Å²) in [5, 5.41) is 8.25. The molecule has 7 nitrogen and oxygen atoms in total. The van der Waals surface area contributed by atoms with Gasteiger partial charge in [-0.05, 0) is 106 Å². The van der Waals surface area contributed by atoms with Gasteiger partial charge in [0.2, 0.25) is 0 Å². The third-order valence-electron chi connectivity index (χ3n) is 9.63. The number of hydrogen-bond acceptors (Lipinski definition) is 4. The lowest BCUT2D eigenvalue weighted by molar-refractivity contribution is 0.0713. The fourth-order valence-corrected chi connectivity index (χ4v) is 7.34. The smallest absolute Gasteiger partial charge is 0.253 e. The quantitative estimate of drug-likeness (QED) is 0.409. The molecule has 216 valence electrons. The Bertz CT molecular complexity index is 1450. The van der Waals surface area contributed by atoms with Gasteiger partial charge in [-0.2, -0.15) is 5.10 Å². The molecule has 2 saturated heterocycles. The lowest BCUT2D eigenvalue weighted by atomic mass is 9.77. The van der Waals surface area contributed by atoms with Crippen molar-refractivity contribution in [2.75, 3.05) is 26.2 Å². The zero-order chi connectivity index (χ0) is 28.7. The summed E-state index contributed by atoms with van der Waals surface area (Å²) in [7, 11) is 0. The third kappa shape index (κ3) is 5.54. The molecule has 2 aliphatic heterocycles. The van der Waals surface area contributed by atoms with E-state index in [2.05, 4.69) is 46.3 Å². The number of nitrogens with zero attached hydrogens (tertiary/aromatic N) is 4. The second-order valence-corrected chi connectivity index (χ2v) is 12.7. The lowest BCUT2D eigenvalue weighted by Crippen LogP contribution is -2.42. The molecule has 1 spiro atoms. The van der Waals surface area contributed by atoms with Gasteiger partial charge in [0.15, 0.2) is 0 Å². The molecule has 2 amide bonds. The number of nitrogens with one attached hydrogen (secondary N) is 1. The number of aryl methyl sites for hydroxylation is 4. The maximum absolute atomic E-state index is 13.7. The van der Waals surface area contributed by atoms with Crippen LogP contribution in [0.15, 0.2) is 42.6 Å². The SMILES string of the molecule is CCn1cc(CN2CCC3(CC2)CCN(C(=O)c2ccc4c(c2)C(NC(=O)c2c(C)cccc2Cl)CC4)C3)c(C)n1. The number of amides is 2. The van der Waals surface area contributed by atoms with E-state index in [-0.39, 0.29) is 23.3 Å². The van der Waals surface area contributed by atoms with Gasteiger partial charge < -0.3 is 10.2 Å². The van der Waals surface area contributed by atoms with Crippen LogP contribution in [-0.4, -0.2) is 57.6 Å². The van der Waals surface area contributed by atoms with Crippen molar-refractivity contribution in [1.82, 2.24) is 24.9 Å². The highest BCUT2D eigenvalue weighted by molar-refractivity contribution is 6.34. The highest BCUT2D eigenvalue weighted by Gasteiger charge is 2.42. The molecule has 2 fully saturated rings. The number of fused-ring (bicyclic) bond motifs is 1. The zero-order valence-corrected chi connectivity index (χ0v) is 25.1. The number of piperidine rings is 1. The van der Waals surface area contributed by atoms with E-state index >= 15 is 0 Å². The molecule has 1 unspecified atom stereocenters. The zero-order valence-electron chi connectivity index (χ0n) is 24.4. The molecule has 3 heterocycles. The minimum atomic E-state index is -0.162. The van der Waals surface area contributed by atoms with Crippen molar-refractivity contribution in [3.63, 3.8) is 0 Å².